The first-order chi connectivity index (χ1) is 16.9. The molecule has 12 heteroatoms. The lowest BCUT2D eigenvalue weighted by Crippen LogP contribution is -2.53. The molecule has 1 aliphatic heterocycles. The highest BCUT2D eigenvalue weighted by atomic mass is 35.5. The van der Waals surface area contributed by atoms with E-state index >= 15 is 0 Å². The first-order valence-electron chi connectivity index (χ1n) is 12.0. The summed E-state index contributed by atoms with van der Waals surface area (Å²) in [5, 5.41) is 11.2. The fourth-order valence-electron chi connectivity index (χ4n) is 5.31. The molecule has 1 atom stereocenters. The molecule has 1 aromatic rings. The summed E-state index contributed by atoms with van der Waals surface area (Å²) in [4.78, 5) is 31.1. The second-order valence-corrected chi connectivity index (χ2v) is 10.4. The number of alkyl halides is 3. The number of rotatable bonds is 5. The number of hydrogen-bond donors (Lipinski definition) is 3. The Morgan fingerprint density at radius 3 is 2.50 bits per heavy atom. The van der Waals surface area contributed by atoms with E-state index in [0.717, 1.165) is 12.3 Å². The molecule has 4 N–H and O–H groups in total. The Morgan fingerprint density at radius 2 is 1.89 bits per heavy atom. The predicted molar refractivity (Wildman–Crippen MR) is 125 cm³/mol. The van der Waals surface area contributed by atoms with Gasteiger partial charge in [-0.2, -0.15) is 13.2 Å². The molecule has 0 bridgehead atoms. The number of piperidine rings is 1. The van der Waals surface area contributed by atoms with E-state index in [-0.39, 0.29) is 53.7 Å². The van der Waals surface area contributed by atoms with Crippen LogP contribution in [0.4, 0.5) is 17.6 Å². The molecular weight excluding hydrogens is 502 g/mol. The van der Waals surface area contributed by atoms with Crippen molar-refractivity contribution in [3.8, 4) is 0 Å². The topological polar surface area (TPSA) is 112 Å². The van der Waals surface area contributed by atoms with Gasteiger partial charge in [0.1, 0.15) is 10.9 Å². The van der Waals surface area contributed by atoms with E-state index in [2.05, 4.69) is 10.3 Å². The minimum Gasteiger partial charge on any atom is -0.398 e. The van der Waals surface area contributed by atoms with Crippen LogP contribution in [0.2, 0.25) is 5.15 Å². The smallest absolute Gasteiger partial charge is 0.391 e. The molecule has 1 spiro atoms. The molecule has 2 heterocycles. The zero-order chi connectivity index (χ0) is 26.3. The van der Waals surface area contributed by atoms with Crippen molar-refractivity contribution in [2.75, 3.05) is 6.54 Å². The van der Waals surface area contributed by atoms with Gasteiger partial charge in [-0.1, -0.05) is 11.6 Å². The van der Waals surface area contributed by atoms with Crippen molar-refractivity contribution in [2.45, 2.75) is 69.1 Å². The van der Waals surface area contributed by atoms with Gasteiger partial charge in [0, 0.05) is 35.3 Å². The average Bonchev–Trinajstić information content (AvgIpc) is 3.58. The van der Waals surface area contributed by atoms with E-state index in [1.807, 2.05) is 0 Å². The van der Waals surface area contributed by atoms with Gasteiger partial charge in [-0.3, -0.25) is 15.0 Å². The first kappa shape index (κ1) is 26.4. The molecule has 1 unspecified atom stereocenters. The number of carbonyl (C=O) groups is 2. The largest absolute Gasteiger partial charge is 0.398 e. The van der Waals surface area contributed by atoms with Crippen LogP contribution in [0, 0.1) is 23.1 Å². The number of aromatic nitrogens is 1. The van der Waals surface area contributed by atoms with Crippen molar-refractivity contribution in [1.29, 1.82) is 5.41 Å². The zero-order valence-electron chi connectivity index (χ0n) is 19.5. The third kappa shape index (κ3) is 5.66. The summed E-state index contributed by atoms with van der Waals surface area (Å²) in [5.41, 5.74) is 4.79. The Labute approximate surface area is 211 Å². The molecule has 3 aliphatic rings. The molecule has 2 aliphatic carbocycles. The average molecular weight is 530 g/mol. The van der Waals surface area contributed by atoms with Gasteiger partial charge < -0.3 is 16.0 Å². The number of carbonyl (C=O) groups excluding carboxylic acids is 2. The summed E-state index contributed by atoms with van der Waals surface area (Å²) < 4.78 is 52.7. The molecule has 3 fully saturated rings. The molecule has 2 amide bonds. The Bertz CT molecular complexity index is 1080. The third-order valence-electron chi connectivity index (χ3n) is 7.54. The van der Waals surface area contributed by atoms with Crippen LogP contribution < -0.4 is 11.1 Å². The molecule has 196 valence electrons. The number of nitrogens with zero attached hydrogens (tertiary/aromatic N) is 2. The van der Waals surface area contributed by atoms with Gasteiger partial charge in [-0.15, -0.1) is 0 Å². The monoisotopic (exact) mass is 529 g/mol. The van der Waals surface area contributed by atoms with Crippen LogP contribution in [-0.2, 0) is 9.59 Å². The predicted octanol–water partition coefficient (Wildman–Crippen LogP) is 4.20. The van der Waals surface area contributed by atoms with Crippen molar-refractivity contribution in [1.82, 2.24) is 15.2 Å². The summed E-state index contributed by atoms with van der Waals surface area (Å²) in [7, 11) is 0. The molecule has 0 aromatic carbocycles. The Hall–Kier alpha value is -2.69. The van der Waals surface area contributed by atoms with Crippen LogP contribution in [0.1, 0.15) is 56.9 Å². The van der Waals surface area contributed by atoms with E-state index in [1.54, 1.807) is 4.90 Å². The lowest BCUT2D eigenvalue weighted by molar-refractivity contribution is -0.182. The quantitative estimate of drug-likeness (QED) is 0.301. The molecule has 1 aromatic heterocycles. The van der Waals surface area contributed by atoms with E-state index in [1.165, 1.54) is 6.07 Å². The van der Waals surface area contributed by atoms with Crippen molar-refractivity contribution in [3.05, 3.63) is 34.9 Å². The van der Waals surface area contributed by atoms with E-state index in [9.17, 15) is 27.2 Å². The van der Waals surface area contributed by atoms with Crippen LogP contribution in [-0.4, -0.2) is 51.7 Å². The van der Waals surface area contributed by atoms with Gasteiger partial charge >= 0.3 is 6.18 Å². The lowest BCUT2D eigenvalue weighted by atomic mass is 9.84. The molecule has 0 radical (unpaired) electrons. The van der Waals surface area contributed by atoms with Crippen LogP contribution in [0.15, 0.2) is 18.3 Å². The molecular formula is C24H28ClF4N5O2. The van der Waals surface area contributed by atoms with Gasteiger partial charge in [0.25, 0.3) is 5.91 Å². The van der Waals surface area contributed by atoms with Gasteiger partial charge in [-0.05, 0) is 63.5 Å². The summed E-state index contributed by atoms with van der Waals surface area (Å²) in [5.74, 6) is -3.13. The molecule has 4 rings (SSSR count). The highest BCUT2D eigenvalue weighted by molar-refractivity contribution is 6.43. The van der Waals surface area contributed by atoms with Crippen molar-refractivity contribution in [2.24, 2.45) is 17.6 Å². The standard InChI is InChI=1S/C24H28ClF4N5O2/c25-20-9-16(17(26)12-32-20)18(30)10-19(31)22(36)34-8-5-13(11-23(34)6-7-23)21(35)33-15-3-1-14(2-4-15)24(27,28)29/h9-10,12-15,31H,1-8,11,30H2,(H,33,35)/b18-10-,31-19?. The summed E-state index contributed by atoms with van der Waals surface area (Å²) in [6, 6.07) is 0.942. The SMILES string of the molecule is N=C(/C=C(\N)c1cc(Cl)ncc1F)C(=O)N1CCC(C(=O)NC2CCC(C(F)(F)F)CC2)CC12CC2. The van der Waals surface area contributed by atoms with Crippen LogP contribution >= 0.6 is 11.6 Å². The highest BCUT2D eigenvalue weighted by Crippen LogP contribution is 2.50. The molecule has 36 heavy (non-hydrogen) atoms. The number of hydrogen-bond acceptors (Lipinski definition) is 5. The van der Waals surface area contributed by atoms with Gasteiger partial charge in [0.2, 0.25) is 5.91 Å². The Morgan fingerprint density at radius 1 is 1.22 bits per heavy atom. The van der Waals surface area contributed by atoms with Crippen molar-refractivity contribution < 1.29 is 27.2 Å². The van der Waals surface area contributed by atoms with Gasteiger partial charge in [0.15, 0.2) is 5.82 Å². The van der Waals surface area contributed by atoms with Crippen LogP contribution in [0.5, 0.6) is 0 Å². The van der Waals surface area contributed by atoms with Gasteiger partial charge in [-0.25, -0.2) is 9.37 Å². The second kappa shape index (κ2) is 9.99. The van der Waals surface area contributed by atoms with Crippen molar-refractivity contribution >= 4 is 34.8 Å². The number of pyridine rings is 1. The number of halogens is 5. The maximum atomic E-state index is 14.0. The first-order valence-corrected chi connectivity index (χ1v) is 12.3. The fourth-order valence-corrected chi connectivity index (χ4v) is 5.47. The van der Waals surface area contributed by atoms with Crippen molar-refractivity contribution in [3.63, 3.8) is 0 Å². The van der Waals surface area contributed by atoms with Crippen LogP contribution in [0.3, 0.4) is 0 Å². The third-order valence-corrected chi connectivity index (χ3v) is 7.75. The fraction of sp³-hybridized carbons (Fsp3) is 0.583. The van der Waals surface area contributed by atoms with E-state index < -0.39 is 35.1 Å². The number of nitrogens with one attached hydrogen (secondary N) is 2. The lowest BCUT2D eigenvalue weighted by Gasteiger charge is -2.40. The summed E-state index contributed by atoms with van der Waals surface area (Å²) >= 11 is 5.79. The molecule has 1 saturated heterocycles. The summed E-state index contributed by atoms with van der Waals surface area (Å²) in [6.07, 6.45) is 0.630. The van der Waals surface area contributed by atoms with E-state index in [4.69, 9.17) is 22.7 Å². The Balaban J connectivity index is 1.34. The number of nitrogens with two attached hydrogens (primary N) is 1. The normalized spacial score (nSPS) is 26.0. The minimum absolute atomic E-state index is 0.0136. The number of likely N-dealkylation sites (tertiary alicyclic amines) is 1. The van der Waals surface area contributed by atoms with Gasteiger partial charge in [0.05, 0.1) is 12.1 Å². The van der Waals surface area contributed by atoms with Crippen LogP contribution in [0.25, 0.3) is 5.70 Å². The summed E-state index contributed by atoms with van der Waals surface area (Å²) in [6.45, 7) is 0.267. The zero-order valence-corrected chi connectivity index (χ0v) is 20.3. The second-order valence-electron chi connectivity index (χ2n) is 9.97. The number of amides is 2. The maximum Gasteiger partial charge on any atom is 0.391 e. The maximum absolute atomic E-state index is 14.0. The molecule has 2 saturated carbocycles. The van der Waals surface area contributed by atoms with E-state index in [0.29, 0.717) is 38.5 Å². The Kier molecular flexibility index (Phi) is 7.32. The highest BCUT2D eigenvalue weighted by Gasteiger charge is 2.55. The molecule has 7 nitrogen and oxygen atoms in total. The minimum atomic E-state index is -4.19.